The van der Waals surface area contributed by atoms with E-state index in [0.29, 0.717) is 12.5 Å². The van der Waals surface area contributed by atoms with Gasteiger partial charge >= 0.3 is 0 Å². The van der Waals surface area contributed by atoms with Gasteiger partial charge in [0.15, 0.2) is 6.29 Å². The Morgan fingerprint density at radius 2 is 1.88 bits per heavy atom. The lowest BCUT2D eigenvalue weighted by Gasteiger charge is -2.12. The molecular formula is C14H22O2. The van der Waals surface area contributed by atoms with E-state index >= 15 is 0 Å². The predicted octanol–water partition coefficient (Wildman–Crippen LogP) is 3.20. The summed E-state index contributed by atoms with van der Waals surface area (Å²) >= 11 is 0. The zero-order chi connectivity index (χ0) is 11.6. The first-order chi connectivity index (χ1) is 7.83. The fraction of sp³-hybridized carbons (Fsp3) is 0.571. The molecule has 0 bridgehead atoms. The lowest BCUT2D eigenvalue weighted by atomic mass is 10.1. The van der Waals surface area contributed by atoms with Gasteiger partial charge in [-0.2, -0.15) is 0 Å². The SMILES string of the molecule is CC=C/C=C\C=C\C(O)OCC1CCCC1. The highest BCUT2D eigenvalue weighted by molar-refractivity contribution is 5.10. The second kappa shape index (κ2) is 8.31. The first-order valence-electron chi connectivity index (χ1n) is 6.08. The molecule has 1 unspecified atom stereocenters. The highest BCUT2D eigenvalue weighted by Gasteiger charge is 2.15. The second-order valence-corrected chi connectivity index (χ2v) is 4.17. The van der Waals surface area contributed by atoms with Gasteiger partial charge in [0.05, 0.1) is 6.61 Å². The highest BCUT2D eigenvalue weighted by Crippen LogP contribution is 2.24. The molecule has 1 rings (SSSR count). The Morgan fingerprint density at radius 3 is 2.56 bits per heavy atom. The van der Waals surface area contributed by atoms with Crippen LogP contribution in [-0.4, -0.2) is 18.0 Å². The summed E-state index contributed by atoms with van der Waals surface area (Å²) in [5.74, 6) is 0.654. The lowest BCUT2D eigenvalue weighted by Crippen LogP contribution is -2.14. The molecule has 2 nitrogen and oxygen atoms in total. The third-order valence-corrected chi connectivity index (χ3v) is 2.78. The first-order valence-corrected chi connectivity index (χ1v) is 6.08. The van der Waals surface area contributed by atoms with Gasteiger partial charge in [-0.1, -0.05) is 43.2 Å². The van der Waals surface area contributed by atoms with E-state index in [1.54, 1.807) is 12.2 Å². The van der Waals surface area contributed by atoms with E-state index in [9.17, 15) is 5.11 Å². The molecule has 1 atom stereocenters. The maximum absolute atomic E-state index is 9.51. The van der Waals surface area contributed by atoms with Crippen molar-refractivity contribution < 1.29 is 9.84 Å². The monoisotopic (exact) mass is 222 g/mol. The van der Waals surface area contributed by atoms with Crippen LogP contribution >= 0.6 is 0 Å². The van der Waals surface area contributed by atoms with Gasteiger partial charge in [-0.3, -0.25) is 0 Å². The zero-order valence-corrected chi connectivity index (χ0v) is 10.0. The number of aliphatic hydroxyl groups excluding tert-OH is 1. The van der Waals surface area contributed by atoms with Gasteiger partial charge in [-0.05, 0) is 31.8 Å². The fourth-order valence-corrected chi connectivity index (χ4v) is 1.87. The molecule has 0 amide bonds. The topological polar surface area (TPSA) is 29.5 Å². The van der Waals surface area contributed by atoms with Crippen LogP contribution in [0.3, 0.4) is 0 Å². The van der Waals surface area contributed by atoms with Gasteiger partial charge in [0.1, 0.15) is 0 Å². The Balaban J connectivity index is 2.11. The van der Waals surface area contributed by atoms with E-state index < -0.39 is 6.29 Å². The molecule has 1 N–H and O–H groups in total. The standard InChI is InChI=1S/C14H22O2/c1-2-3-4-5-6-11-14(15)16-12-13-9-7-8-10-13/h2-6,11,13-15H,7-10,12H2,1H3/b3-2?,5-4-,11-6+. The Bertz CT molecular complexity index is 247. The van der Waals surface area contributed by atoms with Crippen LogP contribution in [0.4, 0.5) is 0 Å². The van der Waals surface area contributed by atoms with Crippen LogP contribution in [0.15, 0.2) is 36.5 Å². The van der Waals surface area contributed by atoms with Gasteiger partial charge in [-0.15, -0.1) is 0 Å². The van der Waals surface area contributed by atoms with Crippen molar-refractivity contribution in [2.24, 2.45) is 5.92 Å². The molecule has 2 heteroatoms. The highest BCUT2D eigenvalue weighted by atomic mass is 16.6. The molecule has 0 aromatic heterocycles. The van der Waals surface area contributed by atoms with Crippen molar-refractivity contribution in [3.05, 3.63) is 36.5 Å². The van der Waals surface area contributed by atoms with E-state index in [1.807, 2.05) is 31.2 Å². The molecule has 0 heterocycles. The Labute approximate surface area is 98.3 Å². The number of ether oxygens (including phenoxy) is 1. The van der Waals surface area contributed by atoms with Crippen LogP contribution in [0.2, 0.25) is 0 Å². The summed E-state index contributed by atoms with van der Waals surface area (Å²) in [6.45, 7) is 2.65. The largest absolute Gasteiger partial charge is 0.365 e. The molecule has 0 aromatic carbocycles. The van der Waals surface area contributed by atoms with Crippen molar-refractivity contribution in [2.45, 2.75) is 38.9 Å². The maximum Gasteiger partial charge on any atom is 0.174 e. The molecule has 0 saturated heterocycles. The molecule has 1 fully saturated rings. The van der Waals surface area contributed by atoms with Gasteiger partial charge in [-0.25, -0.2) is 0 Å². The normalized spacial score (nSPS) is 20.6. The molecule has 90 valence electrons. The number of hydrogen-bond donors (Lipinski definition) is 1. The van der Waals surface area contributed by atoms with Crippen molar-refractivity contribution >= 4 is 0 Å². The van der Waals surface area contributed by atoms with Crippen LogP contribution in [0.25, 0.3) is 0 Å². The number of allylic oxidation sites excluding steroid dienone is 5. The predicted molar refractivity (Wildman–Crippen MR) is 67.0 cm³/mol. The van der Waals surface area contributed by atoms with E-state index in [0.717, 1.165) is 0 Å². The van der Waals surface area contributed by atoms with Gasteiger partial charge in [0.25, 0.3) is 0 Å². The van der Waals surface area contributed by atoms with Gasteiger partial charge < -0.3 is 9.84 Å². The third-order valence-electron chi connectivity index (χ3n) is 2.78. The molecule has 0 radical (unpaired) electrons. The summed E-state index contributed by atoms with van der Waals surface area (Å²) in [5, 5.41) is 9.51. The second-order valence-electron chi connectivity index (χ2n) is 4.17. The first kappa shape index (κ1) is 13.2. The number of hydrogen-bond acceptors (Lipinski definition) is 2. The minimum Gasteiger partial charge on any atom is -0.365 e. The molecule has 0 aliphatic heterocycles. The average Bonchev–Trinajstić information content (AvgIpc) is 2.79. The molecular weight excluding hydrogens is 200 g/mol. The summed E-state index contributed by atoms with van der Waals surface area (Å²) < 4.78 is 5.35. The molecule has 16 heavy (non-hydrogen) atoms. The number of rotatable bonds is 6. The zero-order valence-electron chi connectivity index (χ0n) is 10.0. The average molecular weight is 222 g/mol. The molecule has 1 aliphatic carbocycles. The summed E-state index contributed by atoms with van der Waals surface area (Å²) in [6, 6.07) is 0. The minimum absolute atomic E-state index is 0.654. The molecule has 1 saturated carbocycles. The number of aliphatic hydroxyl groups is 1. The Hall–Kier alpha value is -0.860. The van der Waals surface area contributed by atoms with Gasteiger partial charge in [0.2, 0.25) is 0 Å². The van der Waals surface area contributed by atoms with Gasteiger partial charge in [0, 0.05) is 0 Å². The molecule has 0 spiro atoms. The lowest BCUT2D eigenvalue weighted by molar-refractivity contribution is -0.0756. The summed E-state index contributed by atoms with van der Waals surface area (Å²) in [5.41, 5.74) is 0. The van der Waals surface area contributed by atoms with Crippen molar-refractivity contribution in [3.8, 4) is 0 Å². The molecule has 1 aliphatic rings. The van der Waals surface area contributed by atoms with E-state index in [1.165, 1.54) is 25.7 Å². The minimum atomic E-state index is -0.768. The smallest absolute Gasteiger partial charge is 0.174 e. The maximum atomic E-state index is 9.51. The Morgan fingerprint density at radius 1 is 1.19 bits per heavy atom. The molecule has 0 aromatic rings. The van der Waals surface area contributed by atoms with Crippen molar-refractivity contribution in [3.63, 3.8) is 0 Å². The van der Waals surface area contributed by atoms with E-state index in [-0.39, 0.29) is 0 Å². The van der Waals surface area contributed by atoms with Crippen LogP contribution in [0.1, 0.15) is 32.6 Å². The summed E-state index contributed by atoms with van der Waals surface area (Å²) in [4.78, 5) is 0. The third kappa shape index (κ3) is 5.89. The van der Waals surface area contributed by atoms with Crippen LogP contribution < -0.4 is 0 Å². The fourth-order valence-electron chi connectivity index (χ4n) is 1.87. The van der Waals surface area contributed by atoms with Crippen LogP contribution in [0, 0.1) is 5.92 Å². The summed E-state index contributed by atoms with van der Waals surface area (Å²) in [7, 11) is 0. The van der Waals surface area contributed by atoms with E-state index in [4.69, 9.17) is 4.74 Å². The summed E-state index contributed by atoms with van der Waals surface area (Å²) in [6.07, 6.45) is 15.5. The van der Waals surface area contributed by atoms with Crippen molar-refractivity contribution in [1.82, 2.24) is 0 Å². The van der Waals surface area contributed by atoms with Crippen LogP contribution in [0.5, 0.6) is 0 Å². The Kier molecular flexibility index (Phi) is 6.86. The van der Waals surface area contributed by atoms with Crippen LogP contribution in [-0.2, 0) is 4.74 Å². The van der Waals surface area contributed by atoms with Crippen molar-refractivity contribution in [1.29, 1.82) is 0 Å². The van der Waals surface area contributed by atoms with E-state index in [2.05, 4.69) is 0 Å². The van der Waals surface area contributed by atoms with Crippen molar-refractivity contribution in [2.75, 3.05) is 6.61 Å². The quantitative estimate of drug-likeness (QED) is 0.552.